The number of hydrogen-bond acceptors (Lipinski definition) is 4. The van der Waals surface area contributed by atoms with Crippen LogP contribution in [-0.2, 0) is 19.4 Å². The van der Waals surface area contributed by atoms with Crippen molar-refractivity contribution in [2.24, 2.45) is 4.99 Å². The third-order valence-electron chi connectivity index (χ3n) is 6.04. The van der Waals surface area contributed by atoms with Gasteiger partial charge in [-0.15, -0.1) is 0 Å². The van der Waals surface area contributed by atoms with Crippen LogP contribution in [0.5, 0.6) is 0 Å². The minimum atomic E-state index is 0.638. The summed E-state index contributed by atoms with van der Waals surface area (Å²) in [6.07, 6.45) is 5.82. The van der Waals surface area contributed by atoms with E-state index in [1.165, 1.54) is 54.9 Å². The second-order valence-corrected chi connectivity index (χ2v) is 8.75. The average Bonchev–Trinajstić information content (AvgIpc) is 3.14. The molecule has 1 aromatic heterocycles. The molecule has 1 aliphatic heterocycles. The van der Waals surface area contributed by atoms with Crippen LogP contribution in [0.25, 0.3) is 10.9 Å². The first kappa shape index (κ1) is 22.0. The summed E-state index contributed by atoms with van der Waals surface area (Å²) in [4.78, 5) is 10.1. The maximum Gasteiger partial charge on any atom is 0.0585 e. The van der Waals surface area contributed by atoms with Gasteiger partial charge in [0.1, 0.15) is 0 Å². The lowest BCUT2D eigenvalue weighted by molar-refractivity contribution is 0.578. The van der Waals surface area contributed by atoms with Crippen LogP contribution in [0.15, 0.2) is 47.5 Å². The Balaban J connectivity index is 1.34. The minimum absolute atomic E-state index is 0.638. The van der Waals surface area contributed by atoms with E-state index in [2.05, 4.69) is 49.6 Å². The molecule has 0 spiro atoms. The smallest absolute Gasteiger partial charge is 0.0585 e. The summed E-state index contributed by atoms with van der Waals surface area (Å²) in [5, 5.41) is 7.96. The Hall–Kier alpha value is -2.17. The molecule has 0 unspecified atom stereocenters. The van der Waals surface area contributed by atoms with Crippen molar-refractivity contribution in [3.63, 3.8) is 0 Å². The fourth-order valence-electron chi connectivity index (χ4n) is 4.40. The van der Waals surface area contributed by atoms with Gasteiger partial charge in [-0.25, -0.2) is 4.99 Å². The summed E-state index contributed by atoms with van der Waals surface area (Å²) in [5.74, 6) is 0. The van der Waals surface area contributed by atoms with Gasteiger partial charge in [0.25, 0.3) is 0 Å². The lowest BCUT2D eigenvalue weighted by Crippen LogP contribution is -2.29. The Bertz CT molecular complexity index is 1050. The molecule has 0 bridgehead atoms. The van der Waals surface area contributed by atoms with Crippen LogP contribution < -0.4 is 10.2 Å². The molecule has 2 heterocycles. The van der Waals surface area contributed by atoms with E-state index < -0.39 is 0 Å². The number of fused-ring (bicyclic) bond motifs is 1. The zero-order chi connectivity index (χ0) is 21.5. The second-order valence-electron chi connectivity index (χ2n) is 8.14. The van der Waals surface area contributed by atoms with Crippen molar-refractivity contribution < 1.29 is 0 Å². The summed E-state index contributed by atoms with van der Waals surface area (Å²) in [7, 11) is 0. The van der Waals surface area contributed by atoms with Crippen molar-refractivity contribution in [1.82, 2.24) is 10.3 Å². The quantitative estimate of drug-likeness (QED) is 0.245. The predicted octanol–water partition coefficient (Wildman–Crippen LogP) is 5.79. The number of aromatic amines is 1. The fraction of sp³-hybridized carbons (Fsp3) is 0.400. The molecule has 0 radical (unpaired) electrons. The van der Waals surface area contributed by atoms with Gasteiger partial charge >= 0.3 is 0 Å². The van der Waals surface area contributed by atoms with E-state index in [0.29, 0.717) is 6.54 Å². The van der Waals surface area contributed by atoms with Crippen LogP contribution in [0.4, 0.5) is 5.69 Å². The molecule has 1 aliphatic rings. The van der Waals surface area contributed by atoms with E-state index >= 15 is 0 Å². The molecule has 0 aliphatic carbocycles. The lowest BCUT2D eigenvalue weighted by Gasteiger charge is -2.28. The van der Waals surface area contributed by atoms with Crippen molar-refractivity contribution in [2.45, 2.75) is 38.6 Å². The summed E-state index contributed by atoms with van der Waals surface area (Å²) in [6.45, 7) is 4.73. The second kappa shape index (κ2) is 10.9. The molecule has 0 atom stereocenters. The number of piperidine rings is 1. The molecule has 4 nitrogen and oxygen atoms in total. The number of aliphatic imine (C=N–C) groups is 1. The van der Waals surface area contributed by atoms with Crippen molar-refractivity contribution in [3.05, 3.63) is 64.3 Å². The third-order valence-corrected chi connectivity index (χ3v) is 6.41. The highest BCUT2D eigenvalue weighted by Gasteiger charge is 2.12. The summed E-state index contributed by atoms with van der Waals surface area (Å²) >= 11 is 10.9. The maximum absolute atomic E-state index is 6.23. The molecular formula is C25H29ClN4S. The fourth-order valence-corrected chi connectivity index (χ4v) is 4.66. The molecule has 162 valence electrons. The number of thiocarbonyl (C=S) groups is 1. The molecule has 3 aromatic rings. The number of benzene rings is 2. The van der Waals surface area contributed by atoms with Gasteiger partial charge in [0.2, 0.25) is 0 Å². The number of aromatic nitrogens is 1. The summed E-state index contributed by atoms with van der Waals surface area (Å²) in [6, 6.07) is 15.1. The highest BCUT2D eigenvalue weighted by molar-refractivity contribution is 7.78. The van der Waals surface area contributed by atoms with Gasteiger partial charge in [0.15, 0.2) is 0 Å². The predicted molar refractivity (Wildman–Crippen MR) is 135 cm³/mol. The van der Waals surface area contributed by atoms with Crippen molar-refractivity contribution in [2.75, 3.05) is 31.1 Å². The number of H-pyrrole nitrogens is 1. The monoisotopic (exact) mass is 452 g/mol. The lowest BCUT2D eigenvalue weighted by atomic mass is 10.1. The third kappa shape index (κ3) is 5.75. The number of nitrogens with zero attached hydrogens (tertiary/aromatic N) is 2. The summed E-state index contributed by atoms with van der Waals surface area (Å²) < 4.78 is 0. The largest absolute Gasteiger partial charge is 0.372 e. The molecule has 4 rings (SSSR count). The molecule has 1 fully saturated rings. The zero-order valence-electron chi connectivity index (χ0n) is 17.8. The van der Waals surface area contributed by atoms with E-state index in [0.717, 1.165) is 41.9 Å². The van der Waals surface area contributed by atoms with Crippen molar-refractivity contribution in [1.29, 1.82) is 0 Å². The van der Waals surface area contributed by atoms with E-state index in [4.69, 9.17) is 23.8 Å². The zero-order valence-corrected chi connectivity index (χ0v) is 19.4. The molecule has 6 heteroatoms. The number of rotatable bonds is 9. The van der Waals surface area contributed by atoms with Gasteiger partial charge in [-0.05, 0) is 92.3 Å². The van der Waals surface area contributed by atoms with E-state index in [1.54, 1.807) is 0 Å². The number of isothiocyanates is 1. The Morgan fingerprint density at radius 1 is 1.06 bits per heavy atom. The Kier molecular flexibility index (Phi) is 7.76. The van der Waals surface area contributed by atoms with Crippen LogP contribution in [-0.4, -0.2) is 36.3 Å². The van der Waals surface area contributed by atoms with E-state index in [9.17, 15) is 0 Å². The minimum Gasteiger partial charge on any atom is -0.372 e. The molecule has 0 saturated carbocycles. The van der Waals surface area contributed by atoms with Crippen LogP contribution in [0, 0.1) is 0 Å². The van der Waals surface area contributed by atoms with Gasteiger partial charge in [-0.3, -0.25) is 0 Å². The highest BCUT2D eigenvalue weighted by atomic mass is 35.5. The SMILES string of the molecule is S=C=NCCc1c(CNCCc2ccc(N3CCCCC3)cc2)[nH]c2ccc(Cl)cc12. The van der Waals surface area contributed by atoms with E-state index in [1.807, 2.05) is 18.2 Å². The van der Waals surface area contributed by atoms with Gasteiger partial charge < -0.3 is 15.2 Å². The van der Waals surface area contributed by atoms with Crippen molar-refractivity contribution in [3.8, 4) is 0 Å². The van der Waals surface area contributed by atoms with Crippen LogP contribution >= 0.6 is 23.8 Å². The van der Waals surface area contributed by atoms with Crippen LogP contribution in [0.1, 0.15) is 36.1 Å². The maximum atomic E-state index is 6.23. The Morgan fingerprint density at radius 2 is 1.87 bits per heavy atom. The van der Waals surface area contributed by atoms with E-state index in [-0.39, 0.29) is 0 Å². The molecule has 1 saturated heterocycles. The summed E-state index contributed by atoms with van der Waals surface area (Å²) in [5.41, 5.74) is 6.28. The Morgan fingerprint density at radius 3 is 2.65 bits per heavy atom. The van der Waals surface area contributed by atoms with Gasteiger partial charge in [0.05, 0.1) is 11.7 Å². The topological polar surface area (TPSA) is 43.4 Å². The normalized spacial score (nSPS) is 14.0. The number of halogens is 1. The molecular weight excluding hydrogens is 424 g/mol. The van der Waals surface area contributed by atoms with Gasteiger partial charge in [-0.2, -0.15) is 0 Å². The first-order valence-corrected chi connectivity index (χ1v) is 11.9. The molecule has 0 amide bonds. The molecule has 2 aromatic carbocycles. The number of anilines is 1. The molecule has 2 N–H and O–H groups in total. The number of nitrogens with one attached hydrogen (secondary N) is 2. The highest BCUT2D eigenvalue weighted by Crippen LogP contribution is 2.26. The van der Waals surface area contributed by atoms with Crippen molar-refractivity contribution >= 4 is 45.6 Å². The average molecular weight is 453 g/mol. The first-order valence-electron chi connectivity index (χ1n) is 11.1. The molecule has 31 heavy (non-hydrogen) atoms. The standard InChI is InChI=1S/C25H29ClN4S/c26-20-6-9-24-23(16-20)22(11-13-28-18-31)25(29-24)17-27-12-10-19-4-7-21(8-5-19)30-14-2-1-3-15-30/h4-9,16,27,29H,1-3,10-15,17H2. The van der Waals surface area contributed by atoms with Gasteiger partial charge in [-0.1, -0.05) is 23.7 Å². The first-order chi connectivity index (χ1) is 15.2. The van der Waals surface area contributed by atoms with Gasteiger partial charge in [0, 0.05) is 46.9 Å². The number of hydrogen-bond donors (Lipinski definition) is 2. The van der Waals surface area contributed by atoms with Crippen LogP contribution in [0.3, 0.4) is 0 Å². The van der Waals surface area contributed by atoms with Crippen LogP contribution in [0.2, 0.25) is 5.02 Å². The Labute approximate surface area is 194 Å².